The number of amides is 1. The second kappa shape index (κ2) is 12.8. The number of nitrogens with zero attached hydrogens (tertiary/aromatic N) is 1. The topological polar surface area (TPSA) is 53.6 Å². The van der Waals surface area contributed by atoms with Crippen LogP contribution in [0.15, 0.2) is 24.3 Å². The molecule has 2 aliphatic heterocycles. The van der Waals surface area contributed by atoms with E-state index < -0.39 is 0 Å². The molecule has 2 N–H and O–H groups in total. The summed E-state index contributed by atoms with van der Waals surface area (Å²) in [6.07, 6.45) is 4.33. The molecule has 1 aromatic carbocycles. The van der Waals surface area contributed by atoms with Gasteiger partial charge in [-0.3, -0.25) is 9.69 Å². The number of hydrogen-bond acceptors (Lipinski definition) is 4. The van der Waals surface area contributed by atoms with Crippen LogP contribution in [0.2, 0.25) is 0 Å². The molecule has 2 saturated heterocycles. The van der Waals surface area contributed by atoms with Crippen molar-refractivity contribution in [2.24, 2.45) is 11.3 Å². The van der Waals surface area contributed by atoms with E-state index in [9.17, 15) is 4.79 Å². The van der Waals surface area contributed by atoms with Crippen molar-refractivity contribution in [2.75, 3.05) is 39.9 Å². The van der Waals surface area contributed by atoms with Gasteiger partial charge in [0, 0.05) is 26.7 Å². The largest absolute Gasteiger partial charge is 0.384 e. The Morgan fingerprint density at radius 2 is 1.86 bits per heavy atom. The van der Waals surface area contributed by atoms with Crippen LogP contribution in [0.5, 0.6) is 0 Å². The van der Waals surface area contributed by atoms with Gasteiger partial charge in [-0.05, 0) is 62.4 Å². The Hall–Kier alpha value is -0.850. The third-order valence-electron chi connectivity index (χ3n) is 6.09. The Morgan fingerprint density at radius 3 is 2.48 bits per heavy atom. The third kappa shape index (κ3) is 7.41. The summed E-state index contributed by atoms with van der Waals surface area (Å²) < 4.78 is 5.36. The SMILES string of the molecule is COCC1(C(=O)NCc2ccc(CN3CCCC(C)C3)cc2)CCNCC1.Cl.Cl. The summed E-state index contributed by atoms with van der Waals surface area (Å²) in [6, 6.07) is 8.70. The lowest BCUT2D eigenvalue weighted by Crippen LogP contribution is -2.49. The van der Waals surface area contributed by atoms with Crippen molar-refractivity contribution in [3.05, 3.63) is 35.4 Å². The Balaban J connectivity index is 0.00000210. The van der Waals surface area contributed by atoms with E-state index in [1.54, 1.807) is 7.11 Å². The lowest BCUT2D eigenvalue weighted by atomic mass is 9.78. The standard InChI is InChI=1S/C22H35N3O2.2ClH/c1-18-4-3-13-25(15-18)16-20-7-5-19(6-8-20)14-24-21(26)22(17-27-2)9-11-23-12-10-22;;/h5-8,18,23H,3-4,9-17H2,1-2H3,(H,24,26);2*1H. The molecule has 0 radical (unpaired) electrons. The van der Waals surface area contributed by atoms with Gasteiger partial charge in [0.1, 0.15) is 0 Å². The average Bonchev–Trinajstić information content (AvgIpc) is 2.68. The molecule has 1 atom stereocenters. The number of nitrogens with one attached hydrogen (secondary N) is 2. The number of rotatable bonds is 7. The Labute approximate surface area is 188 Å². The summed E-state index contributed by atoms with van der Waals surface area (Å²) >= 11 is 0. The van der Waals surface area contributed by atoms with Crippen molar-refractivity contribution in [1.29, 1.82) is 0 Å². The van der Waals surface area contributed by atoms with E-state index in [1.165, 1.54) is 31.5 Å². The highest BCUT2D eigenvalue weighted by Gasteiger charge is 2.39. The van der Waals surface area contributed by atoms with Gasteiger partial charge in [0.05, 0.1) is 12.0 Å². The molecule has 2 aliphatic rings. The summed E-state index contributed by atoms with van der Waals surface area (Å²) in [4.78, 5) is 15.4. The molecule has 7 heteroatoms. The molecule has 166 valence electrons. The highest BCUT2D eigenvalue weighted by molar-refractivity contribution is 5.85. The van der Waals surface area contributed by atoms with E-state index >= 15 is 0 Å². The van der Waals surface area contributed by atoms with Crippen molar-refractivity contribution in [2.45, 2.75) is 45.7 Å². The Bertz CT molecular complexity index is 601. The zero-order chi connectivity index (χ0) is 19.1. The summed E-state index contributed by atoms with van der Waals surface area (Å²) in [6.45, 7) is 8.61. The first-order valence-corrected chi connectivity index (χ1v) is 10.4. The van der Waals surface area contributed by atoms with Crippen LogP contribution in [0.4, 0.5) is 0 Å². The monoisotopic (exact) mass is 445 g/mol. The first kappa shape index (κ1) is 26.2. The molecular weight excluding hydrogens is 409 g/mol. The number of benzene rings is 1. The molecule has 0 saturated carbocycles. The molecule has 0 aromatic heterocycles. The van der Waals surface area contributed by atoms with Crippen molar-refractivity contribution < 1.29 is 9.53 Å². The maximum atomic E-state index is 12.8. The summed E-state index contributed by atoms with van der Waals surface area (Å²) in [5, 5.41) is 6.47. The molecule has 0 bridgehead atoms. The summed E-state index contributed by atoms with van der Waals surface area (Å²) in [5.74, 6) is 0.930. The van der Waals surface area contributed by atoms with E-state index in [0.29, 0.717) is 13.2 Å². The number of ether oxygens (including phenoxy) is 1. The predicted octanol–water partition coefficient (Wildman–Crippen LogP) is 3.39. The van der Waals surface area contributed by atoms with Crippen LogP contribution in [0.25, 0.3) is 0 Å². The molecule has 2 heterocycles. The van der Waals surface area contributed by atoms with E-state index in [2.05, 4.69) is 46.7 Å². The quantitative estimate of drug-likeness (QED) is 0.674. The molecule has 1 unspecified atom stereocenters. The summed E-state index contributed by atoms with van der Waals surface area (Å²) in [7, 11) is 1.68. The van der Waals surface area contributed by atoms with Gasteiger partial charge < -0.3 is 15.4 Å². The predicted molar refractivity (Wildman–Crippen MR) is 123 cm³/mol. The molecule has 5 nitrogen and oxygen atoms in total. The van der Waals surface area contributed by atoms with E-state index in [0.717, 1.165) is 44.0 Å². The smallest absolute Gasteiger partial charge is 0.228 e. The number of likely N-dealkylation sites (tertiary alicyclic amines) is 1. The van der Waals surface area contributed by atoms with Crippen molar-refractivity contribution in [1.82, 2.24) is 15.5 Å². The second-order valence-electron chi connectivity index (χ2n) is 8.45. The fourth-order valence-corrected chi connectivity index (χ4v) is 4.44. The second-order valence-corrected chi connectivity index (χ2v) is 8.45. The molecule has 1 aromatic rings. The van der Waals surface area contributed by atoms with Gasteiger partial charge >= 0.3 is 0 Å². The zero-order valence-corrected chi connectivity index (χ0v) is 19.4. The van der Waals surface area contributed by atoms with E-state index in [-0.39, 0.29) is 36.1 Å². The number of hydrogen-bond donors (Lipinski definition) is 2. The molecular formula is C22H37Cl2N3O2. The van der Waals surface area contributed by atoms with Gasteiger partial charge in [-0.2, -0.15) is 0 Å². The van der Waals surface area contributed by atoms with Crippen LogP contribution in [-0.4, -0.2) is 50.7 Å². The minimum absolute atomic E-state index is 0. The van der Waals surface area contributed by atoms with Crippen molar-refractivity contribution in [3.8, 4) is 0 Å². The van der Waals surface area contributed by atoms with Gasteiger partial charge in [0.25, 0.3) is 0 Å². The van der Waals surface area contributed by atoms with Crippen LogP contribution in [-0.2, 0) is 22.6 Å². The maximum absolute atomic E-state index is 12.8. The fourth-order valence-electron chi connectivity index (χ4n) is 4.44. The highest BCUT2D eigenvalue weighted by atomic mass is 35.5. The highest BCUT2D eigenvalue weighted by Crippen LogP contribution is 2.29. The zero-order valence-electron chi connectivity index (χ0n) is 17.7. The lowest BCUT2D eigenvalue weighted by Gasteiger charge is -2.35. The normalized spacial score (nSPS) is 21.5. The first-order chi connectivity index (χ1) is 13.1. The van der Waals surface area contributed by atoms with Crippen LogP contribution >= 0.6 is 24.8 Å². The number of methoxy groups -OCH3 is 1. The van der Waals surface area contributed by atoms with Gasteiger partial charge in [-0.25, -0.2) is 0 Å². The van der Waals surface area contributed by atoms with Crippen LogP contribution in [0.3, 0.4) is 0 Å². The van der Waals surface area contributed by atoms with Gasteiger partial charge in [-0.15, -0.1) is 24.8 Å². The minimum atomic E-state index is -0.384. The fraction of sp³-hybridized carbons (Fsp3) is 0.682. The van der Waals surface area contributed by atoms with Gasteiger partial charge in [0.2, 0.25) is 5.91 Å². The molecule has 29 heavy (non-hydrogen) atoms. The minimum Gasteiger partial charge on any atom is -0.384 e. The maximum Gasteiger partial charge on any atom is 0.228 e. The molecule has 0 spiro atoms. The number of carbonyl (C=O) groups excluding carboxylic acids is 1. The van der Waals surface area contributed by atoms with Crippen LogP contribution in [0.1, 0.15) is 43.7 Å². The van der Waals surface area contributed by atoms with E-state index in [1.807, 2.05) is 0 Å². The summed E-state index contributed by atoms with van der Waals surface area (Å²) in [5.41, 5.74) is 2.12. The Kier molecular flexibility index (Phi) is 11.5. The average molecular weight is 446 g/mol. The third-order valence-corrected chi connectivity index (χ3v) is 6.09. The first-order valence-electron chi connectivity index (χ1n) is 10.4. The Morgan fingerprint density at radius 1 is 1.21 bits per heavy atom. The van der Waals surface area contributed by atoms with Crippen molar-refractivity contribution >= 4 is 30.7 Å². The molecule has 3 rings (SSSR count). The van der Waals surface area contributed by atoms with Gasteiger partial charge in [-0.1, -0.05) is 31.2 Å². The molecule has 2 fully saturated rings. The van der Waals surface area contributed by atoms with Gasteiger partial charge in [0.15, 0.2) is 0 Å². The number of piperidine rings is 2. The van der Waals surface area contributed by atoms with Crippen molar-refractivity contribution in [3.63, 3.8) is 0 Å². The van der Waals surface area contributed by atoms with Crippen LogP contribution in [0, 0.1) is 11.3 Å². The molecule has 0 aliphatic carbocycles. The lowest BCUT2D eigenvalue weighted by molar-refractivity contribution is -0.136. The van der Waals surface area contributed by atoms with Crippen LogP contribution < -0.4 is 10.6 Å². The number of carbonyl (C=O) groups is 1. The number of halogens is 2. The molecule has 1 amide bonds. The van der Waals surface area contributed by atoms with E-state index in [4.69, 9.17) is 4.74 Å².